The molecule has 17 heavy (non-hydrogen) atoms. The first-order valence-electron chi connectivity index (χ1n) is 4.92. The topological polar surface area (TPSA) is 86.7 Å². The summed E-state index contributed by atoms with van der Waals surface area (Å²) >= 11 is 0. The molecule has 88 valence electrons. The van der Waals surface area contributed by atoms with E-state index in [4.69, 9.17) is 4.74 Å². The van der Waals surface area contributed by atoms with Crippen molar-refractivity contribution in [1.82, 2.24) is 9.38 Å². The van der Waals surface area contributed by atoms with E-state index in [0.717, 1.165) is 6.20 Å². The number of hydrogen-bond donors (Lipinski definition) is 0. The second-order valence-electron chi connectivity index (χ2n) is 3.21. The van der Waals surface area contributed by atoms with Crippen LogP contribution in [0.2, 0.25) is 0 Å². The first-order chi connectivity index (χ1) is 8.15. The standard InChI is InChI=1S/C10H9N3O4/c1-2-17-10(14)7-4-3-5-12-8(13(15)16)6-11-9(7)12/h3-6H,2H2,1H3. The Bertz CT molecular complexity index is 590. The van der Waals surface area contributed by atoms with Crippen molar-refractivity contribution in [1.29, 1.82) is 0 Å². The summed E-state index contributed by atoms with van der Waals surface area (Å²) in [5.74, 6) is -0.732. The van der Waals surface area contributed by atoms with Crippen LogP contribution in [-0.4, -0.2) is 26.9 Å². The first-order valence-corrected chi connectivity index (χ1v) is 4.92. The lowest BCUT2D eigenvalue weighted by Gasteiger charge is -2.00. The SMILES string of the molecule is CCOC(=O)c1cccn2c([N+](=O)[O-])cnc12. The normalized spacial score (nSPS) is 10.4. The minimum atomic E-state index is -0.561. The van der Waals surface area contributed by atoms with Crippen LogP contribution in [0, 0.1) is 10.1 Å². The molecule has 7 nitrogen and oxygen atoms in total. The average Bonchev–Trinajstić information content (AvgIpc) is 2.72. The van der Waals surface area contributed by atoms with Crippen LogP contribution in [-0.2, 0) is 4.74 Å². The van der Waals surface area contributed by atoms with Gasteiger partial charge in [-0.1, -0.05) is 0 Å². The highest BCUT2D eigenvalue weighted by Gasteiger charge is 2.20. The second-order valence-corrected chi connectivity index (χ2v) is 3.21. The molecule has 0 spiro atoms. The van der Waals surface area contributed by atoms with Crippen molar-refractivity contribution in [3.63, 3.8) is 0 Å². The molecule has 0 aliphatic rings. The summed E-state index contributed by atoms with van der Waals surface area (Å²) < 4.78 is 6.09. The Balaban J connectivity index is 2.59. The molecule has 0 aromatic carbocycles. The molecule has 0 saturated carbocycles. The number of aromatic nitrogens is 2. The number of rotatable bonds is 3. The Hall–Kier alpha value is -2.44. The Morgan fingerprint density at radius 3 is 3.06 bits per heavy atom. The molecule has 0 fully saturated rings. The number of esters is 1. The summed E-state index contributed by atoms with van der Waals surface area (Å²) in [7, 11) is 0. The van der Waals surface area contributed by atoms with E-state index < -0.39 is 10.9 Å². The molecule has 0 radical (unpaired) electrons. The fraction of sp³-hybridized carbons (Fsp3) is 0.200. The van der Waals surface area contributed by atoms with Gasteiger partial charge in [0.1, 0.15) is 11.8 Å². The maximum Gasteiger partial charge on any atom is 0.347 e. The van der Waals surface area contributed by atoms with Crippen molar-refractivity contribution in [3.8, 4) is 0 Å². The molecular weight excluding hydrogens is 226 g/mol. The zero-order valence-corrected chi connectivity index (χ0v) is 8.99. The summed E-state index contributed by atoms with van der Waals surface area (Å²) in [6.45, 7) is 1.93. The number of hydrogen-bond acceptors (Lipinski definition) is 5. The zero-order chi connectivity index (χ0) is 12.4. The highest BCUT2D eigenvalue weighted by atomic mass is 16.6. The smallest absolute Gasteiger partial charge is 0.347 e. The molecule has 2 heterocycles. The maximum atomic E-state index is 11.6. The van der Waals surface area contributed by atoms with E-state index in [2.05, 4.69) is 4.98 Å². The van der Waals surface area contributed by atoms with Crippen LogP contribution < -0.4 is 0 Å². The van der Waals surface area contributed by atoms with E-state index in [0.29, 0.717) is 0 Å². The molecule has 0 saturated heterocycles. The number of ether oxygens (including phenoxy) is 1. The van der Waals surface area contributed by atoms with Crippen LogP contribution in [0.25, 0.3) is 5.65 Å². The van der Waals surface area contributed by atoms with E-state index in [1.54, 1.807) is 6.92 Å². The lowest BCUT2D eigenvalue weighted by atomic mass is 10.3. The maximum absolute atomic E-state index is 11.6. The Morgan fingerprint density at radius 1 is 1.65 bits per heavy atom. The van der Waals surface area contributed by atoms with Crippen LogP contribution in [0.15, 0.2) is 24.5 Å². The summed E-state index contributed by atoms with van der Waals surface area (Å²) in [5, 5.41) is 10.7. The van der Waals surface area contributed by atoms with Gasteiger partial charge in [-0.05, 0) is 24.0 Å². The number of pyridine rings is 1. The molecule has 0 amide bonds. The van der Waals surface area contributed by atoms with Crippen LogP contribution in [0.4, 0.5) is 5.82 Å². The van der Waals surface area contributed by atoms with Gasteiger partial charge in [0.15, 0.2) is 0 Å². The van der Waals surface area contributed by atoms with E-state index in [1.807, 2.05) is 0 Å². The summed E-state index contributed by atoms with van der Waals surface area (Å²) in [5.41, 5.74) is 0.431. The van der Waals surface area contributed by atoms with Gasteiger partial charge in [0.25, 0.3) is 0 Å². The number of fused-ring (bicyclic) bond motifs is 1. The molecule has 0 atom stereocenters. The van der Waals surface area contributed by atoms with Crippen molar-refractivity contribution in [2.75, 3.05) is 6.61 Å². The molecule has 2 aromatic rings. The van der Waals surface area contributed by atoms with Crippen LogP contribution in [0.3, 0.4) is 0 Å². The van der Waals surface area contributed by atoms with Gasteiger partial charge < -0.3 is 14.9 Å². The lowest BCUT2D eigenvalue weighted by Crippen LogP contribution is -2.07. The van der Waals surface area contributed by atoms with Gasteiger partial charge in [-0.25, -0.2) is 9.78 Å². The molecule has 2 rings (SSSR count). The minimum Gasteiger partial charge on any atom is -0.462 e. The predicted octanol–water partition coefficient (Wildman–Crippen LogP) is 1.42. The number of nitrogens with zero attached hydrogens (tertiary/aromatic N) is 3. The van der Waals surface area contributed by atoms with Crippen molar-refractivity contribution >= 4 is 17.4 Å². The number of nitro groups is 1. The van der Waals surface area contributed by atoms with Gasteiger partial charge >= 0.3 is 11.8 Å². The van der Waals surface area contributed by atoms with Crippen LogP contribution >= 0.6 is 0 Å². The minimum absolute atomic E-state index is 0.189. The van der Waals surface area contributed by atoms with Gasteiger partial charge in [0.2, 0.25) is 5.65 Å². The summed E-state index contributed by atoms with van der Waals surface area (Å²) in [4.78, 5) is 25.6. The fourth-order valence-corrected chi connectivity index (χ4v) is 1.50. The first kappa shape index (κ1) is 11.1. The molecule has 0 aliphatic heterocycles. The third-order valence-corrected chi connectivity index (χ3v) is 2.20. The Kier molecular flexibility index (Phi) is 2.73. The van der Waals surface area contributed by atoms with Gasteiger partial charge in [0, 0.05) is 0 Å². The Labute approximate surface area is 95.8 Å². The van der Waals surface area contributed by atoms with Gasteiger partial charge in [-0.15, -0.1) is 0 Å². The number of carbonyl (C=O) groups excluding carboxylic acids is 1. The van der Waals surface area contributed by atoms with E-state index >= 15 is 0 Å². The second kappa shape index (κ2) is 4.20. The van der Waals surface area contributed by atoms with Crippen LogP contribution in [0.5, 0.6) is 0 Å². The molecule has 0 aliphatic carbocycles. The average molecular weight is 235 g/mol. The summed E-state index contributed by atoms with van der Waals surface area (Å²) in [6, 6.07) is 3.05. The van der Waals surface area contributed by atoms with Crippen LogP contribution in [0.1, 0.15) is 17.3 Å². The largest absolute Gasteiger partial charge is 0.462 e. The monoisotopic (exact) mass is 235 g/mol. The van der Waals surface area contributed by atoms with Crippen molar-refractivity contribution in [3.05, 3.63) is 40.2 Å². The summed E-state index contributed by atoms with van der Waals surface area (Å²) in [6.07, 6.45) is 2.58. The molecular formula is C10H9N3O4. The Morgan fingerprint density at radius 2 is 2.41 bits per heavy atom. The predicted molar refractivity (Wildman–Crippen MR) is 57.8 cm³/mol. The van der Waals surface area contributed by atoms with Crippen molar-refractivity contribution < 1.29 is 14.5 Å². The van der Waals surface area contributed by atoms with Gasteiger partial charge in [0.05, 0.1) is 12.8 Å². The quantitative estimate of drug-likeness (QED) is 0.456. The fourth-order valence-electron chi connectivity index (χ4n) is 1.50. The van der Waals surface area contributed by atoms with Crippen molar-refractivity contribution in [2.24, 2.45) is 0 Å². The molecule has 0 N–H and O–H groups in total. The van der Waals surface area contributed by atoms with Crippen molar-refractivity contribution in [2.45, 2.75) is 6.92 Å². The van der Waals surface area contributed by atoms with Gasteiger partial charge in [-0.3, -0.25) is 0 Å². The van der Waals surface area contributed by atoms with E-state index in [1.165, 1.54) is 22.7 Å². The molecule has 0 bridgehead atoms. The third kappa shape index (κ3) is 1.82. The number of carbonyl (C=O) groups is 1. The number of imidazole rings is 1. The molecule has 2 aromatic heterocycles. The van der Waals surface area contributed by atoms with E-state index in [9.17, 15) is 14.9 Å². The highest BCUT2D eigenvalue weighted by Crippen LogP contribution is 2.17. The molecule has 0 unspecified atom stereocenters. The lowest BCUT2D eigenvalue weighted by molar-refractivity contribution is -0.390. The van der Waals surface area contributed by atoms with Gasteiger partial charge in [-0.2, -0.15) is 4.40 Å². The highest BCUT2D eigenvalue weighted by molar-refractivity contribution is 5.96. The zero-order valence-electron chi connectivity index (χ0n) is 8.99. The van der Waals surface area contributed by atoms with E-state index in [-0.39, 0.29) is 23.6 Å². The third-order valence-electron chi connectivity index (χ3n) is 2.20. The molecule has 7 heteroatoms.